The maximum absolute atomic E-state index is 13.3. The van der Waals surface area contributed by atoms with E-state index in [1.54, 1.807) is 12.3 Å². The van der Waals surface area contributed by atoms with Gasteiger partial charge >= 0.3 is 0 Å². The second-order valence-corrected chi connectivity index (χ2v) is 6.18. The minimum atomic E-state index is -0.452. The Hall–Kier alpha value is -3.05. The van der Waals surface area contributed by atoms with Gasteiger partial charge < -0.3 is 0 Å². The molecule has 0 amide bonds. The quantitative estimate of drug-likeness (QED) is 0.343. The highest BCUT2D eigenvalue weighted by molar-refractivity contribution is 9.10. The Balaban J connectivity index is 1.80. The first-order valence-corrected chi connectivity index (χ1v) is 8.38. The lowest BCUT2D eigenvalue weighted by Crippen LogP contribution is -2.23. The molecule has 0 aliphatic heterocycles. The van der Waals surface area contributed by atoms with E-state index >= 15 is 0 Å². The molecule has 3 rings (SSSR count). The molecule has 0 bridgehead atoms. The number of amidine groups is 1. The number of benzene rings is 1. The van der Waals surface area contributed by atoms with Crippen LogP contribution in [-0.4, -0.2) is 37.1 Å². The number of carbonyl (C=O) groups excluding carboxylic acids is 1. The highest BCUT2D eigenvalue weighted by atomic mass is 79.9. The van der Waals surface area contributed by atoms with E-state index in [4.69, 9.17) is 0 Å². The molecule has 9 nitrogen and oxygen atoms in total. The third-order valence-corrected chi connectivity index (χ3v) is 4.02. The molecule has 1 aromatic carbocycles. The maximum atomic E-state index is 13.3. The molecule has 0 aliphatic rings. The molecule has 0 spiro atoms. The van der Waals surface area contributed by atoms with Crippen molar-refractivity contribution in [1.82, 2.24) is 25.8 Å². The van der Waals surface area contributed by atoms with Crippen LogP contribution < -0.4 is 5.48 Å². The van der Waals surface area contributed by atoms with Crippen molar-refractivity contribution in [1.29, 1.82) is 0 Å². The number of Topliss-reactive ketones (excluding diaryl/α,β-unsaturated/α-hetero) is 1. The predicted molar refractivity (Wildman–Crippen MR) is 94.0 cm³/mol. The van der Waals surface area contributed by atoms with E-state index in [9.17, 15) is 14.4 Å². The molecular weight excluding hydrogens is 423 g/mol. The van der Waals surface area contributed by atoms with Crippen molar-refractivity contribution in [2.75, 3.05) is 0 Å². The van der Waals surface area contributed by atoms with Crippen molar-refractivity contribution >= 4 is 33.2 Å². The topological polar surface area (TPSA) is 126 Å². The van der Waals surface area contributed by atoms with Crippen molar-refractivity contribution in [3.63, 3.8) is 0 Å². The summed E-state index contributed by atoms with van der Waals surface area (Å²) < 4.78 is 18.2. The number of hydroxylamine groups is 1. The number of aliphatic imine (C=N–C) groups is 1. The highest BCUT2D eigenvalue weighted by Crippen LogP contribution is 2.22. The Bertz CT molecular complexity index is 979. The van der Waals surface area contributed by atoms with Crippen molar-refractivity contribution in [2.45, 2.75) is 12.8 Å². The molecule has 138 valence electrons. The van der Waals surface area contributed by atoms with Crippen LogP contribution in [0.15, 0.2) is 50.9 Å². The van der Waals surface area contributed by atoms with Gasteiger partial charge in [-0.2, -0.15) is 0 Å². The first-order chi connectivity index (χ1) is 13.1. The first-order valence-electron chi connectivity index (χ1n) is 7.59. The molecule has 3 aromatic rings. The number of rotatable bonds is 6. The molecule has 0 fully saturated rings. The summed E-state index contributed by atoms with van der Waals surface area (Å²) in [6.45, 7) is 0. The predicted octanol–water partition coefficient (Wildman–Crippen LogP) is 2.17. The van der Waals surface area contributed by atoms with Gasteiger partial charge in [0.25, 0.3) is 0 Å². The van der Waals surface area contributed by atoms with E-state index in [1.165, 1.54) is 24.5 Å². The van der Waals surface area contributed by atoms with Gasteiger partial charge in [0, 0.05) is 12.6 Å². The van der Waals surface area contributed by atoms with E-state index in [2.05, 4.69) is 45.8 Å². The van der Waals surface area contributed by atoms with Gasteiger partial charge in [0.1, 0.15) is 23.6 Å². The van der Waals surface area contributed by atoms with Crippen LogP contribution in [0.5, 0.6) is 0 Å². The van der Waals surface area contributed by atoms with Gasteiger partial charge in [0.05, 0.1) is 22.3 Å². The standard InChI is InChI=1S/C16H12BrFN6O3/c17-12-6-10(1-2-13(12)18)21-16(22-26)15-14(23-27-24-15)7-11(25)5-9-3-4-19-8-20-9/h1-4,6,8,26H,5,7H2,(H,21,22). The van der Waals surface area contributed by atoms with Crippen LogP contribution >= 0.6 is 15.9 Å². The van der Waals surface area contributed by atoms with Gasteiger partial charge in [0.2, 0.25) is 0 Å². The van der Waals surface area contributed by atoms with Crippen molar-refractivity contribution in [3.05, 3.63) is 64.2 Å². The third kappa shape index (κ3) is 4.77. The number of hydrogen-bond acceptors (Lipinski definition) is 8. The monoisotopic (exact) mass is 434 g/mol. The van der Waals surface area contributed by atoms with E-state index in [-0.39, 0.29) is 40.3 Å². The second-order valence-electron chi connectivity index (χ2n) is 5.32. The summed E-state index contributed by atoms with van der Waals surface area (Å²) >= 11 is 3.06. The minimum absolute atomic E-state index is 0.0639. The van der Waals surface area contributed by atoms with Crippen LogP contribution in [-0.2, 0) is 17.6 Å². The van der Waals surface area contributed by atoms with Gasteiger partial charge in [0.15, 0.2) is 11.5 Å². The summed E-state index contributed by atoms with van der Waals surface area (Å²) in [5.74, 6) is -0.737. The van der Waals surface area contributed by atoms with Gasteiger partial charge in [-0.3, -0.25) is 15.5 Å². The van der Waals surface area contributed by atoms with Gasteiger partial charge in [-0.05, 0) is 45.4 Å². The molecule has 0 unspecified atom stereocenters. The number of hydrogen-bond donors (Lipinski definition) is 2. The Morgan fingerprint density at radius 3 is 2.85 bits per heavy atom. The minimum Gasteiger partial charge on any atom is -0.299 e. The van der Waals surface area contributed by atoms with Gasteiger partial charge in [-0.25, -0.2) is 24.0 Å². The number of halogens is 2. The number of ketones is 1. The Kier molecular flexibility index (Phi) is 5.94. The lowest BCUT2D eigenvalue weighted by atomic mass is 10.1. The van der Waals surface area contributed by atoms with Crippen LogP contribution in [0, 0.1) is 5.82 Å². The van der Waals surface area contributed by atoms with Crippen molar-refractivity contribution in [3.8, 4) is 0 Å². The van der Waals surface area contributed by atoms with Crippen LogP contribution in [0.1, 0.15) is 17.1 Å². The zero-order valence-electron chi connectivity index (χ0n) is 13.6. The zero-order chi connectivity index (χ0) is 19.2. The lowest BCUT2D eigenvalue weighted by Gasteiger charge is -2.04. The molecule has 0 aliphatic carbocycles. The number of nitrogens with one attached hydrogen (secondary N) is 1. The second kappa shape index (κ2) is 8.56. The van der Waals surface area contributed by atoms with Gasteiger partial charge in [-0.15, -0.1) is 0 Å². The van der Waals surface area contributed by atoms with Crippen LogP contribution in [0.3, 0.4) is 0 Å². The molecule has 0 atom stereocenters. The van der Waals surface area contributed by atoms with Crippen LogP contribution in [0.2, 0.25) is 0 Å². The zero-order valence-corrected chi connectivity index (χ0v) is 15.2. The first kappa shape index (κ1) is 18.7. The van der Waals surface area contributed by atoms with Crippen LogP contribution in [0.25, 0.3) is 0 Å². The maximum Gasteiger partial charge on any atom is 0.182 e. The summed E-state index contributed by atoms with van der Waals surface area (Å²) in [6, 6.07) is 5.67. The van der Waals surface area contributed by atoms with Crippen molar-refractivity contribution in [2.24, 2.45) is 4.99 Å². The Morgan fingerprint density at radius 2 is 2.15 bits per heavy atom. The number of nitrogens with zero attached hydrogens (tertiary/aromatic N) is 5. The molecule has 11 heteroatoms. The third-order valence-electron chi connectivity index (χ3n) is 3.42. The fourth-order valence-corrected chi connectivity index (χ4v) is 2.56. The normalized spacial score (nSPS) is 11.4. The number of aromatic nitrogens is 4. The lowest BCUT2D eigenvalue weighted by molar-refractivity contribution is -0.117. The van der Waals surface area contributed by atoms with Crippen LogP contribution in [0.4, 0.5) is 10.1 Å². The van der Waals surface area contributed by atoms with E-state index < -0.39 is 5.82 Å². The van der Waals surface area contributed by atoms with Crippen molar-refractivity contribution < 1.29 is 19.0 Å². The highest BCUT2D eigenvalue weighted by Gasteiger charge is 2.19. The smallest absolute Gasteiger partial charge is 0.182 e. The van der Waals surface area contributed by atoms with E-state index in [1.807, 2.05) is 5.48 Å². The van der Waals surface area contributed by atoms with Gasteiger partial charge in [-0.1, -0.05) is 5.16 Å². The van der Waals surface area contributed by atoms with E-state index in [0.29, 0.717) is 11.4 Å². The molecule has 2 heterocycles. The summed E-state index contributed by atoms with van der Waals surface area (Å²) in [6.07, 6.45) is 2.88. The molecule has 0 saturated carbocycles. The molecule has 0 saturated heterocycles. The molecule has 27 heavy (non-hydrogen) atoms. The summed E-state index contributed by atoms with van der Waals surface area (Å²) in [4.78, 5) is 24.2. The number of carbonyl (C=O) groups is 1. The summed E-state index contributed by atoms with van der Waals surface area (Å²) in [5.41, 5.74) is 3.05. The van der Waals surface area contributed by atoms with E-state index in [0.717, 1.165) is 0 Å². The Labute approximate surface area is 160 Å². The molecular formula is C16H12BrFN6O3. The largest absolute Gasteiger partial charge is 0.299 e. The average Bonchev–Trinajstić information content (AvgIpc) is 3.11. The summed E-state index contributed by atoms with van der Waals surface area (Å²) in [7, 11) is 0. The molecule has 2 aromatic heterocycles. The molecule has 0 radical (unpaired) electrons. The fraction of sp³-hybridized carbons (Fsp3) is 0.125. The molecule has 2 N–H and O–H groups in total. The summed E-state index contributed by atoms with van der Waals surface area (Å²) in [5, 5.41) is 16.8. The fourth-order valence-electron chi connectivity index (χ4n) is 2.19. The Morgan fingerprint density at radius 1 is 1.30 bits per heavy atom. The SMILES string of the molecule is O=C(Cc1ccncn1)Cc1nonc1C(=Nc1ccc(F)c(Br)c1)NO. The average molecular weight is 435 g/mol.